The first-order valence-electron chi connectivity index (χ1n) is 5.22. The molecule has 2 aromatic rings. The summed E-state index contributed by atoms with van der Waals surface area (Å²) in [7, 11) is -3.40. The summed E-state index contributed by atoms with van der Waals surface area (Å²) in [5.41, 5.74) is 1.04. The molecule has 0 radical (unpaired) electrons. The van der Waals surface area contributed by atoms with Crippen LogP contribution in [0.2, 0.25) is 0 Å². The first-order chi connectivity index (χ1) is 8.49. The van der Waals surface area contributed by atoms with Crippen molar-refractivity contribution in [2.75, 3.05) is 0 Å². The summed E-state index contributed by atoms with van der Waals surface area (Å²) in [4.78, 5) is 1.20. The number of benzene rings is 1. The maximum absolute atomic E-state index is 12.1. The Hall–Kier alpha value is -0.910. The Bertz CT molecular complexity index is 654. The van der Waals surface area contributed by atoms with Gasteiger partial charge in [0.2, 0.25) is 9.84 Å². The van der Waals surface area contributed by atoms with Crippen molar-refractivity contribution < 1.29 is 8.42 Å². The topological polar surface area (TPSA) is 34.1 Å². The summed E-state index contributed by atoms with van der Waals surface area (Å²) in [5, 5.41) is 3.16. The lowest BCUT2D eigenvalue weighted by atomic mass is 10.2. The SMILES string of the molecule is Cc1ccc(S(=O)(=O)/C=C(\Br)c2cccs2)cc1. The molecule has 0 N–H and O–H groups in total. The van der Waals surface area contributed by atoms with E-state index < -0.39 is 9.84 Å². The van der Waals surface area contributed by atoms with Crippen molar-refractivity contribution in [2.24, 2.45) is 0 Å². The Balaban J connectivity index is 2.38. The minimum absolute atomic E-state index is 0.307. The van der Waals surface area contributed by atoms with Crippen LogP contribution in [0.5, 0.6) is 0 Å². The summed E-state index contributed by atoms with van der Waals surface area (Å²) < 4.78 is 24.9. The van der Waals surface area contributed by atoms with Gasteiger partial charge in [-0.15, -0.1) is 11.3 Å². The number of thiophene rings is 1. The molecule has 2 rings (SSSR count). The number of hydrogen-bond acceptors (Lipinski definition) is 3. The van der Waals surface area contributed by atoms with Gasteiger partial charge < -0.3 is 0 Å². The maximum atomic E-state index is 12.1. The van der Waals surface area contributed by atoms with Crippen molar-refractivity contribution in [3.05, 3.63) is 57.6 Å². The monoisotopic (exact) mass is 342 g/mol. The van der Waals surface area contributed by atoms with Crippen LogP contribution in [0.25, 0.3) is 4.48 Å². The molecule has 18 heavy (non-hydrogen) atoms. The molecule has 0 spiro atoms. The van der Waals surface area contributed by atoms with Gasteiger partial charge in [0.05, 0.1) is 10.3 Å². The summed E-state index contributed by atoms with van der Waals surface area (Å²) in [6, 6.07) is 10.6. The van der Waals surface area contributed by atoms with Gasteiger partial charge in [-0.2, -0.15) is 0 Å². The van der Waals surface area contributed by atoms with E-state index >= 15 is 0 Å². The highest BCUT2D eigenvalue weighted by molar-refractivity contribution is 9.15. The normalized spacial score (nSPS) is 12.7. The molecular formula is C13H11BrO2S2. The maximum Gasteiger partial charge on any atom is 0.200 e. The molecule has 0 aliphatic rings. The lowest BCUT2D eigenvalue weighted by Crippen LogP contribution is -1.96. The fourth-order valence-corrected chi connectivity index (χ4v) is 4.31. The minimum Gasteiger partial charge on any atom is -0.219 e. The second-order valence-corrected chi connectivity index (χ2v) is 7.40. The second-order valence-electron chi connectivity index (χ2n) is 3.80. The number of hydrogen-bond donors (Lipinski definition) is 0. The smallest absolute Gasteiger partial charge is 0.200 e. The molecule has 2 nitrogen and oxygen atoms in total. The molecule has 0 bridgehead atoms. The van der Waals surface area contributed by atoms with Gasteiger partial charge in [0, 0.05) is 9.36 Å². The zero-order valence-electron chi connectivity index (χ0n) is 9.63. The quantitative estimate of drug-likeness (QED) is 0.836. The Kier molecular flexibility index (Phi) is 4.04. The van der Waals surface area contributed by atoms with Crippen molar-refractivity contribution in [3.63, 3.8) is 0 Å². The van der Waals surface area contributed by atoms with Crippen LogP contribution in [0.15, 0.2) is 52.1 Å². The molecule has 1 aromatic heterocycles. The molecule has 0 aliphatic heterocycles. The molecule has 0 saturated carbocycles. The molecule has 5 heteroatoms. The van der Waals surface area contributed by atoms with Crippen molar-refractivity contribution in [1.29, 1.82) is 0 Å². The Morgan fingerprint density at radius 2 is 1.89 bits per heavy atom. The van der Waals surface area contributed by atoms with Gasteiger partial charge in [-0.3, -0.25) is 0 Å². The van der Waals surface area contributed by atoms with Crippen LogP contribution in [0.4, 0.5) is 0 Å². The first-order valence-corrected chi connectivity index (χ1v) is 8.44. The fraction of sp³-hybridized carbons (Fsp3) is 0.0769. The number of aryl methyl sites for hydroxylation is 1. The molecule has 94 valence electrons. The number of rotatable bonds is 3. The standard InChI is InChI=1S/C13H11BrO2S2/c1-10-4-6-11(7-5-10)18(15,16)9-12(14)13-3-2-8-17-13/h2-9H,1H3/b12-9-. The molecule has 0 fully saturated rings. The predicted octanol–water partition coefficient (Wildman–Crippen LogP) is 4.22. The fourth-order valence-electron chi connectivity index (χ4n) is 1.40. The largest absolute Gasteiger partial charge is 0.219 e. The van der Waals surface area contributed by atoms with E-state index in [9.17, 15) is 8.42 Å². The Morgan fingerprint density at radius 3 is 2.44 bits per heavy atom. The van der Waals surface area contributed by atoms with E-state index in [1.165, 1.54) is 16.7 Å². The van der Waals surface area contributed by atoms with Gasteiger partial charge in [0.15, 0.2) is 0 Å². The van der Waals surface area contributed by atoms with Crippen molar-refractivity contribution >= 4 is 41.6 Å². The predicted molar refractivity (Wildman–Crippen MR) is 79.6 cm³/mol. The summed E-state index contributed by atoms with van der Waals surface area (Å²) in [6.45, 7) is 1.92. The van der Waals surface area contributed by atoms with Crippen LogP contribution in [-0.4, -0.2) is 8.42 Å². The molecule has 0 unspecified atom stereocenters. The van der Waals surface area contributed by atoms with Gasteiger partial charge in [-0.05, 0) is 46.4 Å². The summed E-state index contributed by atoms with van der Waals surface area (Å²) in [5.74, 6) is 0. The van der Waals surface area contributed by atoms with E-state index in [1.807, 2.05) is 24.4 Å². The first kappa shape index (κ1) is 13.5. The molecular weight excluding hydrogens is 332 g/mol. The van der Waals surface area contributed by atoms with Crippen molar-refractivity contribution in [3.8, 4) is 0 Å². The number of sulfone groups is 1. The molecule has 0 amide bonds. The zero-order valence-corrected chi connectivity index (χ0v) is 12.8. The van der Waals surface area contributed by atoms with Crippen LogP contribution >= 0.6 is 27.3 Å². The van der Waals surface area contributed by atoms with E-state index in [0.29, 0.717) is 9.38 Å². The highest BCUT2D eigenvalue weighted by Gasteiger charge is 2.12. The highest BCUT2D eigenvalue weighted by Crippen LogP contribution is 2.28. The van der Waals surface area contributed by atoms with Crippen molar-refractivity contribution in [2.45, 2.75) is 11.8 Å². The van der Waals surface area contributed by atoms with Gasteiger partial charge >= 0.3 is 0 Å². The lowest BCUT2D eigenvalue weighted by Gasteiger charge is -2.01. The molecule has 0 aliphatic carbocycles. The second kappa shape index (κ2) is 5.38. The highest BCUT2D eigenvalue weighted by atomic mass is 79.9. The van der Waals surface area contributed by atoms with E-state index in [1.54, 1.807) is 24.3 Å². The third-order valence-electron chi connectivity index (χ3n) is 2.36. The molecule has 1 aromatic carbocycles. The number of halogens is 1. The molecule has 0 atom stereocenters. The van der Waals surface area contributed by atoms with Crippen LogP contribution < -0.4 is 0 Å². The van der Waals surface area contributed by atoms with Gasteiger partial charge in [-0.1, -0.05) is 23.8 Å². The lowest BCUT2D eigenvalue weighted by molar-refractivity contribution is 0.605. The van der Waals surface area contributed by atoms with E-state index in [0.717, 1.165) is 10.4 Å². The molecule has 1 heterocycles. The Labute approximate surface area is 119 Å². The summed E-state index contributed by atoms with van der Waals surface area (Å²) >= 11 is 4.79. The van der Waals surface area contributed by atoms with Crippen LogP contribution in [0.1, 0.15) is 10.4 Å². The minimum atomic E-state index is -3.40. The third-order valence-corrected chi connectivity index (χ3v) is 5.96. The average Bonchev–Trinajstić information content (AvgIpc) is 2.82. The van der Waals surface area contributed by atoms with Crippen LogP contribution in [-0.2, 0) is 9.84 Å². The average molecular weight is 343 g/mol. The van der Waals surface area contributed by atoms with Crippen LogP contribution in [0.3, 0.4) is 0 Å². The zero-order chi connectivity index (χ0) is 13.2. The third kappa shape index (κ3) is 3.10. The van der Waals surface area contributed by atoms with Gasteiger partial charge in [0.25, 0.3) is 0 Å². The van der Waals surface area contributed by atoms with E-state index in [4.69, 9.17) is 0 Å². The summed E-state index contributed by atoms with van der Waals surface area (Å²) in [6.07, 6.45) is 0. The van der Waals surface area contributed by atoms with Gasteiger partial charge in [0.1, 0.15) is 0 Å². The van der Waals surface area contributed by atoms with Crippen molar-refractivity contribution in [1.82, 2.24) is 0 Å². The molecule has 0 saturated heterocycles. The Morgan fingerprint density at radius 1 is 1.22 bits per heavy atom. The van der Waals surface area contributed by atoms with E-state index in [2.05, 4.69) is 15.9 Å². The van der Waals surface area contributed by atoms with E-state index in [-0.39, 0.29) is 0 Å². The van der Waals surface area contributed by atoms with Crippen LogP contribution in [0, 0.1) is 6.92 Å². The van der Waals surface area contributed by atoms with Gasteiger partial charge in [-0.25, -0.2) is 8.42 Å².